The van der Waals surface area contributed by atoms with Crippen molar-refractivity contribution in [3.63, 3.8) is 0 Å². The highest BCUT2D eigenvalue weighted by molar-refractivity contribution is 5.72. The van der Waals surface area contributed by atoms with Crippen LogP contribution in [-0.2, 0) is 14.3 Å². The maximum Gasteiger partial charge on any atom is 0.332 e. The SMILES string of the molecule is CCCCCCCC[C@@]1([C](F)F)CC[C@H](O)[C@H]1CC=CCCC(OC1CCCCO1)C(=O)O. The zero-order chi connectivity index (χ0) is 24.1. The van der Waals surface area contributed by atoms with E-state index >= 15 is 0 Å². The van der Waals surface area contributed by atoms with E-state index in [9.17, 15) is 23.8 Å². The molecule has 0 amide bonds. The van der Waals surface area contributed by atoms with Gasteiger partial charge in [0, 0.05) is 12.0 Å². The maximum atomic E-state index is 14.1. The number of ether oxygens (including phenoxy) is 2. The molecule has 0 bridgehead atoms. The third kappa shape index (κ3) is 8.91. The number of rotatable bonds is 16. The lowest BCUT2D eigenvalue weighted by Gasteiger charge is -2.34. The molecule has 33 heavy (non-hydrogen) atoms. The Morgan fingerprint density at radius 3 is 2.58 bits per heavy atom. The summed E-state index contributed by atoms with van der Waals surface area (Å²) in [5, 5.41) is 19.9. The molecular formula is C26H43F2O5. The Morgan fingerprint density at radius 2 is 1.91 bits per heavy atom. The standard InChI is InChI=1S/C26H43F2O5/c1-2-3-4-5-6-11-17-26(25(27)28)18-16-21(29)20(26)13-8-7-9-14-22(24(30)31)33-23-15-10-12-19-32-23/h7-8,20-23,29H,2-6,9-19H2,1H3,(H,30,31)/t20-,21+,22?,23?,26-/m1/s1. The Bertz CT molecular complexity index is 579. The first-order valence-electron chi connectivity index (χ1n) is 12.9. The molecule has 1 aliphatic carbocycles. The lowest BCUT2D eigenvalue weighted by atomic mass is 9.72. The minimum Gasteiger partial charge on any atom is -0.479 e. The predicted octanol–water partition coefficient (Wildman–Crippen LogP) is 6.65. The van der Waals surface area contributed by atoms with Crippen LogP contribution >= 0.6 is 0 Å². The summed E-state index contributed by atoms with van der Waals surface area (Å²) in [7, 11) is 0. The number of unbranched alkanes of at least 4 members (excludes halogenated alkanes) is 5. The molecule has 1 saturated carbocycles. The van der Waals surface area contributed by atoms with Crippen molar-refractivity contribution in [1.82, 2.24) is 0 Å². The highest BCUT2D eigenvalue weighted by Gasteiger charge is 2.53. The van der Waals surface area contributed by atoms with Gasteiger partial charge in [0.05, 0.1) is 6.10 Å². The van der Waals surface area contributed by atoms with Crippen molar-refractivity contribution in [2.45, 2.75) is 122 Å². The van der Waals surface area contributed by atoms with E-state index in [1.807, 2.05) is 12.2 Å². The normalized spacial score (nSPS) is 29.2. The van der Waals surface area contributed by atoms with Crippen LogP contribution in [0.3, 0.4) is 0 Å². The molecule has 1 radical (unpaired) electrons. The molecule has 1 saturated heterocycles. The highest BCUT2D eigenvalue weighted by atomic mass is 19.3. The number of aliphatic hydroxyl groups is 1. The van der Waals surface area contributed by atoms with Crippen molar-refractivity contribution in [2.24, 2.45) is 11.3 Å². The second kappa shape index (κ2) is 15.0. The third-order valence-corrected chi connectivity index (χ3v) is 7.29. The minimum absolute atomic E-state index is 0.297. The van der Waals surface area contributed by atoms with Crippen LogP contribution in [0.4, 0.5) is 8.78 Å². The summed E-state index contributed by atoms with van der Waals surface area (Å²) in [4.78, 5) is 11.5. The second-order valence-electron chi connectivity index (χ2n) is 9.69. The van der Waals surface area contributed by atoms with Crippen LogP contribution in [0.1, 0.15) is 103 Å². The maximum absolute atomic E-state index is 14.1. The fourth-order valence-electron chi connectivity index (χ4n) is 5.26. The molecular weight excluding hydrogens is 430 g/mol. The number of carboxylic acids is 1. The van der Waals surface area contributed by atoms with Gasteiger partial charge in [-0.2, -0.15) is 8.78 Å². The molecule has 0 aromatic heterocycles. The first-order valence-corrected chi connectivity index (χ1v) is 12.9. The summed E-state index contributed by atoms with van der Waals surface area (Å²) in [5.41, 5.74) is -1.19. The van der Waals surface area contributed by atoms with Gasteiger partial charge in [-0.1, -0.05) is 57.6 Å². The number of hydrogen-bond acceptors (Lipinski definition) is 4. The molecule has 0 aromatic rings. The summed E-state index contributed by atoms with van der Waals surface area (Å²) >= 11 is 0. The Balaban J connectivity index is 1.83. The van der Waals surface area contributed by atoms with Gasteiger partial charge < -0.3 is 19.7 Å². The molecule has 1 aliphatic heterocycles. The van der Waals surface area contributed by atoms with Crippen LogP contribution in [0, 0.1) is 17.8 Å². The number of aliphatic carboxylic acids is 1. The summed E-state index contributed by atoms with van der Waals surface area (Å²) in [6.45, 7) is 2.74. The van der Waals surface area contributed by atoms with Gasteiger partial charge in [0.2, 0.25) is 0 Å². The van der Waals surface area contributed by atoms with Crippen LogP contribution in [-0.4, -0.2) is 41.3 Å². The number of halogens is 2. The largest absolute Gasteiger partial charge is 0.479 e. The number of aliphatic hydroxyl groups excluding tert-OH is 1. The summed E-state index contributed by atoms with van der Waals surface area (Å²) < 4.78 is 39.3. The van der Waals surface area contributed by atoms with Crippen LogP contribution in [0.2, 0.25) is 0 Å². The number of hydrogen-bond donors (Lipinski definition) is 2. The molecule has 7 heteroatoms. The fourth-order valence-corrected chi connectivity index (χ4v) is 5.26. The van der Waals surface area contributed by atoms with Gasteiger partial charge in [-0.3, -0.25) is 0 Å². The lowest BCUT2D eigenvalue weighted by Crippen LogP contribution is -2.33. The van der Waals surface area contributed by atoms with Crippen molar-refractivity contribution in [2.75, 3.05) is 6.61 Å². The Labute approximate surface area is 197 Å². The smallest absolute Gasteiger partial charge is 0.332 e. The second-order valence-corrected chi connectivity index (χ2v) is 9.69. The van der Waals surface area contributed by atoms with E-state index in [-0.39, 0.29) is 0 Å². The molecule has 2 rings (SSSR count). The summed E-state index contributed by atoms with van der Waals surface area (Å²) in [6, 6.07) is 0. The van der Waals surface area contributed by atoms with Crippen molar-refractivity contribution in [3.8, 4) is 0 Å². The van der Waals surface area contributed by atoms with Crippen LogP contribution in [0.25, 0.3) is 0 Å². The van der Waals surface area contributed by atoms with Crippen LogP contribution in [0.15, 0.2) is 12.2 Å². The summed E-state index contributed by atoms with van der Waals surface area (Å²) in [5.74, 6) is -1.51. The van der Waals surface area contributed by atoms with Crippen LogP contribution in [0.5, 0.6) is 0 Å². The molecule has 0 spiro atoms. The zero-order valence-corrected chi connectivity index (χ0v) is 20.2. The number of allylic oxidation sites excluding steroid dienone is 2. The zero-order valence-electron chi connectivity index (χ0n) is 20.2. The van der Waals surface area contributed by atoms with Crippen molar-refractivity contribution in [3.05, 3.63) is 18.6 Å². The highest BCUT2D eigenvalue weighted by Crippen LogP contribution is 2.55. The van der Waals surface area contributed by atoms with Gasteiger partial charge >= 0.3 is 12.4 Å². The van der Waals surface area contributed by atoms with Gasteiger partial charge in [0.15, 0.2) is 12.4 Å². The number of carbonyl (C=O) groups is 1. The molecule has 2 aliphatic rings. The van der Waals surface area contributed by atoms with Crippen LogP contribution < -0.4 is 0 Å². The molecule has 2 N–H and O–H groups in total. The molecule has 2 fully saturated rings. The van der Waals surface area contributed by atoms with E-state index in [0.717, 1.165) is 44.9 Å². The van der Waals surface area contributed by atoms with Gasteiger partial charge in [0.1, 0.15) is 0 Å². The Hall–Kier alpha value is -1.05. The van der Waals surface area contributed by atoms with Gasteiger partial charge in [-0.15, -0.1) is 0 Å². The van der Waals surface area contributed by atoms with Crippen molar-refractivity contribution in [1.29, 1.82) is 0 Å². The number of carboxylic acid groups (broad SMARTS) is 1. The van der Waals surface area contributed by atoms with Crippen molar-refractivity contribution < 1.29 is 33.3 Å². The average Bonchev–Trinajstić information content (AvgIpc) is 3.12. The van der Waals surface area contributed by atoms with E-state index in [1.165, 1.54) is 6.42 Å². The molecule has 5 atom stereocenters. The topological polar surface area (TPSA) is 76.0 Å². The fraction of sp³-hybridized carbons (Fsp3) is 0.846. The molecule has 191 valence electrons. The monoisotopic (exact) mass is 473 g/mol. The first-order chi connectivity index (χ1) is 15.9. The molecule has 0 aromatic carbocycles. The Morgan fingerprint density at radius 1 is 1.15 bits per heavy atom. The molecule has 1 heterocycles. The lowest BCUT2D eigenvalue weighted by molar-refractivity contribution is -0.201. The molecule has 2 unspecified atom stereocenters. The quantitative estimate of drug-likeness (QED) is 0.194. The van der Waals surface area contributed by atoms with Gasteiger partial charge in [-0.25, -0.2) is 4.79 Å². The van der Waals surface area contributed by atoms with E-state index in [0.29, 0.717) is 51.6 Å². The third-order valence-electron chi connectivity index (χ3n) is 7.29. The Kier molecular flexibility index (Phi) is 12.9. The van der Waals surface area contributed by atoms with E-state index in [4.69, 9.17) is 9.47 Å². The van der Waals surface area contributed by atoms with E-state index in [2.05, 4.69) is 6.92 Å². The predicted molar refractivity (Wildman–Crippen MR) is 124 cm³/mol. The van der Waals surface area contributed by atoms with Gasteiger partial charge in [0.25, 0.3) is 0 Å². The van der Waals surface area contributed by atoms with Crippen molar-refractivity contribution >= 4 is 5.97 Å². The minimum atomic E-state index is -1.54. The molecule has 5 nitrogen and oxygen atoms in total. The summed E-state index contributed by atoms with van der Waals surface area (Å²) in [6.07, 6.45) is 11.2. The van der Waals surface area contributed by atoms with E-state index in [1.54, 1.807) is 0 Å². The van der Waals surface area contributed by atoms with E-state index < -0.39 is 42.2 Å². The first kappa shape index (κ1) is 28.2. The average molecular weight is 474 g/mol. The van der Waals surface area contributed by atoms with Gasteiger partial charge in [-0.05, 0) is 63.7 Å².